The van der Waals surface area contributed by atoms with E-state index in [9.17, 15) is 9.59 Å². The van der Waals surface area contributed by atoms with Crippen LogP contribution in [0.1, 0.15) is 20.7 Å². The van der Waals surface area contributed by atoms with Crippen molar-refractivity contribution in [3.63, 3.8) is 0 Å². The highest BCUT2D eigenvalue weighted by Crippen LogP contribution is 2.27. The van der Waals surface area contributed by atoms with Gasteiger partial charge in [-0.2, -0.15) is 0 Å². The lowest BCUT2D eigenvalue weighted by molar-refractivity contribution is 0.0686. The van der Waals surface area contributed by atoms with Gasteiger partial charge in [-0.1, -0.05) is 17.7 Å². The zero-order valence-corrected chi connectivity index (χ0v) is 10.9. The van der Waals surface area contributed by atoms with Crippen molar-refractivity contribution in [1.82, 2.24) is 0 Å². The molecule has 0 unspecified atom stereocenters. The molecule has 0 amide bonds. The number of hydrogen-bond donors (Lipinski definition) is 3. The van der Waals surface area contributed by atoms with Crippen LogP contribution in [0.4, 0.5) is 5.69 Å². The number of carboxylic acids is 2. The maximum Gasteiger partial charge on any atom is 0.337 e. The van der Waals surface area contributed by atoms with Crippen LogP contribution in [0.25, 0.3) is 11.1 Å². The Kier molecular flexibility index (Phi) is 3.63. The average molecular weight is 292 g/mol. The topological polar surface area (TPSA) is 101 Å². The molecule has 0 aliphatic heterocycles. The number of aromatic carboxylic acids is 2. The van der Waals surface area contributed by atoms with Gasteiger partial charge in [0, 0.05) is 5.69 Å². The SMILES string of the molecule is Nc1cc(C(=O)O)cc(-c2ccc(Cl)c(C(=O)O)c2)c1. The van der Waals surface area contributed by atoms with Gasteiger partial charge in [-0.25, -0.2) is 9.59 Å². The first-order valence-corrected chi connectivity index (χ1v) is 5.93. The van der Waals surface area contributed by atoms with Gasteiger partial charge < -0.3 is 15.9 Å². The van der Waals surface area contributed by atoms with Crippen molar-refractivity contribution in [1.29, 1.82) is 0 Å². The highest BCUT2D eigenvalue weighted by molar-refractivity contribution is 6.33. The third-order valence-electron chi connectivity index (χ3n) is 2.73. The predicted molar refractivity (Wildman–Crippen MR) is 75.2 cm³/mol. The Morgan fingerprint density at radius 1 is 0.950 bits per heavy atom. The van der Waals surface area contributed by atoms with E-state index in [0.29, 0.717) is 11.1 Å². The number of nitrogen functional groups attached to an aromatic ring is 1. The summed E-state index contributed by atoms with van der Waals surface area (Å²) in [7, 11) is 0. The first-order valence-electron chi connectivity index (χ1n) is 5.55. The molecule has 102 valence electrons. The molecule has 0 bridgehead atoms. The second-order valence-corrected chi connectivity index (χ2v) is 4.56. The van der Waals surface area contributed by atoms with Gasteiger partial charge in [0.2, 0.25) is 0 Å². The molecule has 2 aromatic carbocycles. The molecule has 2 rings (SSSR count). The molecule has 6 heteroatoms. The normalized spacial score (nSPS) is 10.2. The summed E-state index contributed by atoms with van der Waals surface area (Å²) in [6.45, 7) is 0. The molecule has 0 spiro atoms. The number of rotatable bonds is 3. The lowest BCUT2D eigenvalue weighted by atomic mass is 10.00. The molecular weight excluding hydrogens is 282 g/mol. The molecule has 5 nitrogen and oxygen atoms in total. The smallest absolute Gasteiger partial charge is 0.337 e. The van der Waals surface area contributed by atoms with Crippen LogP contribution >= 0.6 is 11.6 Å². The standard InChI is InChI=1S/C14H10ClNO4/c15-12-2-1-7(6-11(12)14(19)20)8-3-9(13(17)18)5-10(16)4-8/h1-6H,16H2,(H,17,18)(H,19,20). The minimum atomic E-state index is -1.15. The average Bonchev–Trinajstić information content (AvgIpc) is 2.38. The van der Waals surface area contributed by atoms with E-state index in [-0.39, 0.29) is 21.8 Å². The molecular formula is C14H10ClNO4. The van der Waals surface area contributed by atoms with Gasteiger partial charge >= 0.3 is 11.9 Å². The molecule has 0 atom stereocenters. The van der Waals surface area contributed by atoms with Crippen LogP contribution in [0.5, 0.6) is 0 Å². The van der Waals surface area contributed by atoms with Crippen molar-refractivity contribution < 1.29 is 19.8 Å². The van der Waals surface area contributed by atoms with Gasteiger partial charge in [0.1, 0.15) is 0 Å². The van der Waals surface area contributed by atoms with Crippen LogP contribution < -0.4 is 5.73 Å². The fourth-order valence-corrected chi connectivity index (χ4v) is 2.01. The predicted octanol–water partition coefficient (Wildman–Crippen LogP) is 2.99. The minimum Gasteiger partial charge on any atom is -0.478 e. The Labute approximate surface area is 119 Å². The molecule has 0 radical (unpaired) electrons. The molecule has 0 saturated heterocycles. The molecule has 20 heavy (non-hydrogen) atoms. The van der Waals surface area contributed by atoms with Crippen molar-refractivity contribution >= 4 is 29.2 Å². The minimum absolute atomic E-state index is 0.0341. The molecule has 0 heterocycles. The second-order valence-electron chi connectivity index (χ2n) is 4.15. The lowest BCUT2D eigenvalue weighted by Crippen LogP contribution is -2.00. The third kappa shape index (κ3) is 2.73. The van der Waals surface area contributed by atoms with Crippen LogP contribution in [-0.2, 0) is 0 Å². The van der Waals surface area contributed by atoms with Crippen molar-refractivity contribution in [2.24, 2.45) is 0 Å². The molecule has 0 aliphatic carbocycles. The largest absolute Gasteiger partial charge is 0.478 e. The highest BCUT2D eigenvalue weighted by atomic mass is 35.5. The Hall–Kier alpha value is -2.53. The number of carbonyl (C=O) groups is 2. The molecule has 0 aromatic heterocycles. The van der Waals surface area contributed by atoms with E-state index in [1.165, 1.54) is 24.3 Å². The van der Waals surface area contributed by atoms with E-state index in [1.54, 1.807) is 12.1 Å². The monoisotopic (exact) mass is 291 g/mol. The summed E-state index contributed by atoms with van der Waals surface area (Å²) in [5.41, 5.74) is 6.97. The molecule has 0 aliphatic rings. The summed E-state index contributed by atoms with van der Waals surface area (Å²) >= 11 is 5.79. The fourth-order valence-electron chi connectivity index (χ4n) is 1.81. The summed E-state index contributed by atoms with van der Waals surface area (Å²) in [4.78, 5) is 22.0. The zero-order chi connectivity index (χ0) is 14.9. The van der Waals surface area contributed by atoms with Gasteiger partial charge in [-0.15, -0.1) is 0 Å². The number of carboxylic acid groups (broad SMARTS) is 2. The van der Waals surface area contributed by atoms with Crippen LogP contribution in [-0.4, -0.2) is 22.2 Å². The van der Waals surface area contributed by atoms with Crippen LogP contribution in [0.15, 0.2) is 36.4 Å². The number of halogens is 1. The summed E-state index contributed by atoms with van der Waals surface area (Å²) < 4.78 is 0. The first-order chi connectivity index (χ1) is 9.38. The number of nitrogens with two attached hydrogens (primary N) is 1. The van der Waals surface area contributed by atoms with E-state index in [2.05, 4.69) is 0 Å². The van der Waals surface area contributed by atoms with Gasteiger partial charge in [0.05, 0.1) is 16.1 Å². The Bertz CT molecular complexity index is 712. The van der Waals surface area contributed by atoms with E-state index >= 15 is 0 Å². The lowest BCUT2D eigenvalue weighted by Gasteiger charge is -2.07. The molecule has 4 N–H and O–H groups in total. The number of benzene rings is 2. The van der Waals surface area contributed by atoms with E-state index in [4.69, 9.17) is 27.5 Å². The van der Waals surface area contributed by atoms with Gasteiger partial charge in [-0.05, 0) is 41.5 Å². The van der Waals surface area contributed by atoms with E-state index in [1.807, 2.05) is 0 Å². The van der Waals surface area contributed by atoms with Crippen molar-refractivity contribution in [3.05, 3.63) is 52.5 Å². The van der Waals surface area contributed by atoms with Gasteiger partial charge in [-0.3, -0.25) is 0 Å². The zero-order valence-electron chi connectivity index (χ0n) is 10.1. The van der Waals surface area contributed by atoms with Crippen LogP contribution in [0.2, 0.25) is 5.02 Å². The summed E-state index contributed by atoms with van der Waals surface area (Å²) in [5, 5.41) is 18.1. The molecule has 0 saturated carbocycles. The molecule has 0 fully saturated rings. The van der Waals surface area contributed by atoms with Crippen LogP contribution in [0, 0.1) is 0 Å². The molecule has 2 aromatic rings. The summed E-state index contributed by atoms with van der Waals surface area (Å²) in [6, 6.07) is 8.76. The summed E-state index contributed by atoms with van der Waals surface area (Å²) in [6.07, 6.45) is 0. The van der Waals surface area contributed by atoms with Crippen molar-refractivity contribution in [2.75, 3.05) is 5.73 Å². The fraction of sp³-hybridized carbons (Fsp3) is 0. The second kappa shape index (κ2) is 5.22. The maximum absolute atomic E-state index is 11.0. The highest BCUT2D eigenvalue weighted by Gasteiger charge is 2.12. The Morgan fingerprint density at radius 2 is 1.65 bits per heavy atom. The van der Waals surface area contributed by atoms with Crippen molar-refractivity contribution in [3.8, 4) is 11.1 Å². The number of hydrogen-bond acceptors (Lipinski definition) is 3. The first kappa shape index (κ1) is 13.9. The van der Waals surface area contributed by atoms with E-state index in [0.717, 1.165) is 0 Å². The van der Waals surface area contributed by atoms with Crippen LogP contribution in [0.3, 0.4) is 0 Å². The van der Waals surface area contributed by atoms with Crippen molar-refractivity contribution in [2.45, 2.75) is 0 Å². The summed E-state index contributed by atoms with van der Waals surface area (Å²) in [5.74, 6) is -2.26. The maximum atomic E-state index is 11.0. The number of anilines is 1. The van der Waals surface area contributed by atoms with E-state index < -0.39 is 11.9 Å². The quantitative estimate of drug-likeness (QED) is 0.755. The third-order valence-corrected chi connectivity index (χ3v) is 3.06. The Balaban J connectivity index is 2.59. The Morgan fingerprint density at radius 3 is 2.25 bits per heavy atom. The van der Waals surface area contributed by atoms with Gasteiger partial charge in [0.15, 0.2) is 0 Å². The van der Waals surface area contributed by atoms with Gasteiger partial charge in [0.25, 0.3) is 0 Å².